The summed E-state index contributed by atoms with van der Waals surface area (Å²) in [5, 5.41) is 18.7. The molecule has 1 N–H and O–H groups in total. The number of amides is 1. The molecule has 1 amide bonds. The first-order valence-electron chi connectivity index (χ1n) is 7.93. The lowest BCUT2D eigenvalue weighted by Crippen LogP contribution is -2.12. The molecular weight excluding hydrogens is 336 g/mol. The zero-order valence-corrected chi connectivity index (χ0v) is 14.0. The number of aromatic nitrogens is 2. The number of azo groups is 1. The summed E-state index contributed by atoms with van der Waals surface area (Å²) < 4.78 is 6.30. The summed E-state index contributed by atoms with van der Waals surface area (Å²) in [6.45, 7) is 1.77. The number of ether oxygens (including phenoxy) is 1. The Balaban J connectivity index is 1.98. The minimum absolute atomic E-state index is 0.118. The molecular formula is C18H16N4O4. The molecule has 0 saturated carbocycles. The quantitative estimate of drug-likeness (QED) is 0.560. The summed E-state index contributed by atoms with van der Waals surface area (Å²) in [5.41, 5.74) is 1.04. The number of carbonyl (C=O) groups excluding carboxylic acids is 2. The Labute approximate surface area is 148 Å². The van der Waals surface area contributed by atoms with Gasteiger partial charge in [-0.15, -0.1) is 10.2 Å². The molecule has 0 atom stereocenters. The summed E-state index contributed by atoms with van der Waals surface area (Å²) in [7, 11) is 0. The number of para-hydroxylation sites is 1. The number of rotatable bonds is 5. The van der Waals surface area contributed by atoms with E-state index in [9.17, 15) is 14.7 Å². The topological polar surface area (TPSA) is 106 Å². The molecule has 0 aliphatic heterocycles. The number of benzene rings is 1. The van der Waals surface area contributed by atoms with Crippen molar-refractivity contribution in [2.45, 2.75) is 13.5 Å². The zero-order valence-electron chi connectivity index (χ0n) is 14.0. The molecule has 0 fully saturated rings. The van der Waals surface area contributed by atoms with Crippen LogP contribution < -0.4 is 0 Å². The van der Waals surface area contributed by atoms with Crippen LogP contribution in [0.5, 0.6) is 5.88 Å². The molecule has 0 aliphatic carbocycles. The third-order valence-electron chi connectivity index (χ3n) is 3.68. The highest BCUT2D eigenvalue weighted by Gasteiger charge is 2.19. The normalized spacial score (nSPS) is 11.1. The molecule has 2 heterocycles. The first kappa shape index (κ1) is 17.3. The Bertz CT molecular complexity index is 980. The molecule has 0 spiro atoms. The lowest BCUT2D eigenvalue weighted by molar-refractivity contribution is -0.143. The van der Waals surface area contributed by atoms with Gasteiger partial charge in [-0.05, 0) is 25.1 Å². The van der Waals surface area contributed by atoms with Gasteiger partial charge in [0.2, 0.25) is 5.88 Å². The Morgan fingerprint density at radius 1 is 1.19 bits per heavy atom. The van der Waals surface area contributed by atoms with Crippen molar-refractivity contribution in [3.8, 4) is 5.88 Å². The molecule has 132 valence electrons. The highest BCUT2D eigenvalue weighted by molar-refractivity contribution is 5.97. The number of nitrogens with zero attached hydrogens (tertiary/aromatic N) is 4. The predicted octanol–water partition coefficient (Wildman–Crippen LogP) is 3.23. The van der Waals surface area contributed by atoms with E-state index in [4.69, 9.17) is 4.74 Å². The van der Waals surface area contributed by atoms with Crippen molar-refractivity contribution in [1.29, 1.82) is 0 Å². The van der Waals surface area contributed by atoms with Crippen molar-refractivity contribution < 1.29 is 19.4 Å². The van der Waals surface area contributed by atoms with Crippen molar-refractivity contribution in [3.05, 3.63) is 54.4 Å². The summed E-state index contributed by atoms with van der Waals surface area (Å²) >= 11 is 0. The molecule has 1 aromatic carbocycles. The lowest BCUT2D eigenvalue weighted by Gasteiger charge is -2.06. The largest absolute Gasteiger partial charge is 0.493 e. The van der Waals surface area contributed by atoms with Gasteiger partial charge in [0.05, 0.1) is 12.1 Å². The standard InChI is InChI=1S/C18H16N4O4/c1-2-26-15(23)11-22-14-6-4-3-5-13(14)16(18(22)25)20-21-17(24)12-7-9-19-10-8-12/h3-10,25H,2,11H2,1H3. The number of carbonyl (C=O) groups is 2. The molecule has 3 rings (SSSR count). The minimum Gasteiger partial charge on any atom is -0.493 e. The van der Waals surface area contributed by atoms with Crippen LogP contribution in [0.3, 0.4) is 0 Å². The van der Waals surface area contributed by atoms with Crippen molar-refractivity contribution in [2.75, 3.05) is 6.61 Å². The van der Waals surface area contributed by atoms with E-state index < -0.39 is 11.9 Å². The fourth-order valence-corrected chi connectivity index (χ4v) is 2.51. The van der Waals surface area contributed by atoms with Crippen LogP contribution in [0.1, 0.15) is 17.3 Å². The smallest absolute Gasteiger partial charge is 0.326 e. The van der Waals surface area contributed by atoms with E-state index in [1.54, 1.807) is 31.2 Å². The fraction of sp³-hybridized carbons (Fsp3) is 0.167. The molecule has 2 aromatic heterocycles. The number of esters is 1. The molecule has 3 aromatic rings. The molecule has 26 heavy (non-hydrogen) atoms. The van der Waals surface area contributed by atoms with Gasteiger partial charge >= 0.3 is 5.97 Å². The number of pyridine rings is 1. The van der Waals surface area contributed by atoms with Gasteiger partial charge < -0.3 is 9.84 Å². The fourth-order valence-electron chi connectivity index (χ4n) is 2.51. The van der Waals surface area contributed by atoms with Crippen LogP contribution in [0.2, 0.25) is 0 Å². The highest BCUT2D eigenvalue weighted by Crippen LogP contribution is 2.38. The second kappa shape index (κ2) is 7.56. The molecule has 8 nitrogen and oxygen atoms in total. The second-order valence-electron chi connectivity index (χ2n) is 5.32. The van der Waals surface area contributed by atoms with Gasteiger partial charge in [0, 0.05) is 23.3 Å². The molecule has 0 radical (unpaired) electrons. The van der Waals surface area contributed by atoms with Crippen LogP contribution in [0.4, 0.5) is 5.69 Å². The van der Waals surface area contributed by atoms with Crippen LogP contribution >= 0.6 is 0 Å². The molecule has 0 unspecified atom stereocenters. The van der Waals surface area contributed by atoms with E-state index in [0.717, 1.165) is 0 Å². The Hall–Kier alpha value is -3.55. The molecule has 0 saturated heterocycles. The Morgan fingerprint density at radius 3 is 2.65 bits per heavy atom. The van der Waals surface area contributed by atoms with Gasteiger partial charge in [-0.2, -0.15) is 0 Å². The van der Waals surface area contributed by atoms with Gasteiger partial charge in [0.15, 0.2) is 5.69 Å². The van der Waals surface area contributed by atoms with Crippen molar-refractivity contribution in [1.82, 2.24) is 9.55 Å². The third-order valence-corrected chi connectivity index (χ3v) is 3.68. The molecule has 8 heteroatoms. The summed E-state index contributed by atoms with van der Waals surface area (Å²) in [5.74, 6) is -1.31. The first-order chi connectivity index (χ1) is 12.6. The maximum atomic E-state index is 12.1. The number of fused-ring (bicyclic) bond motifs is 1. The van der Waals surface area contributed by atoms with Gasteiger partial charge in [0.25, 0.3) is 5.91 Å². The maximum Gasteiger partial charge on any atom is 0.326 e. The van der Waals surface area contributed by atoms with Gasteiger partial charge in [-0.25, -0.2) is 0 Å². The van der Waals surface area contributed by atoms with Crippen LogP contribution in [0.25, 0.3) is 10.9 Å². The SMILES string of the molecule is CCOC(=O)Cn1c(O)c(N=NC(=O)c2ccncc2)c2ccccc21. The van der Waals surface area contributed by atoms with E-state index in [1.165, 1.54) is 29.1 Å². The van der Waals surface area contributed by atoms with E-state index >= 15 is 0 Å². The maximum absolute atomic E-state index is 12.1. The number of aromatic hydroxyl groups is 1. The highest BCUT2D eigenvalue weighted by atomic mass is 16.5. The van der Waals surface area contributed by atoms with Gasteiger partial charge in [-0.3, -0.25) is 19.1 Å². The third kappa shape index (κ3) is 3.44. The van der Waals surface area contributed by atoms with Crippen LogP contribution in [-0.2, 0) is 16.1 Å². The monoisotopic (exact) mass is 352 g/mol. The van der Waals surface area contributed by atoms with Crippen LogP contribution in [0.15, 0.2) is 59.0 Å². The summed E-state index contributed by atoms with van der Waals surface area (Å²) in [6.07, 6.45) is 2.96. The van der Waals surface area contributed by atoms with E-state index in [0.29, 0.717) is 16.5 Å². The van der Waals surface area contributed by atoms with Gasteiger partial charge in [-0.1, -0.05) is 18.2 Å². The number of hydrogen-bond donors (Lipinski definition) is 1. The average molecular weight is 352 g/mol. The summed E-state index contributed by atoms with van der Waals surface area (Å²) in [6, 6.07) is 10.0. The average Bonchev–Trinajstić information content (AvgIpc) is 2.92. The van der Waals surface area contributed by atoms with Crippen molar-refractivity contribution >= 4 is 28.5 Å². The second-order valence-corrected chi connectivity index (χ2v) is 5.32. The predicted molar refractivity (Wildman–Crippen MR) is 93.3 cm³/mol. The van der Waals surface area contributed by atoms with E-state index in [2.05, 4.69) is 15.2 Å². The summed E-state index contributed by atoms with van der Waals surface area (Å²) in [4.78, 5) is 27.7. The number of hydrogen-bond acceptors (Lipinski definition) is 6. The Morgan fingerprint density at radius 2 is 1.92 bits per heavy atom. The first-order valence-corrected chi connectivity index (χ1v) is 7.93. The van der Waals surface area contributed by atoms with Crippen molar-refractivity contribution in [3.63, 3.8) is 0 Å². The van der Waals surface area contributed by atoms with Crippen LogP contribution in [-0.4, -0.2) is 33.1 Å². The van der Waals surface area contributed by atoms with Crippen LogP contribution in [0, 0.1) is 0 Å². The van der Waals surface area contributed by atoms with E-state index in [-0.39, 0.29) is 24.7 Å². The lowest BCUT2D eigenvalue weighted by atomic mass is 10.2. The van der Waals surface area contributed by atoms with Crippen molar-refractivity contribution in [2.24, 2.45) is 10.2 Å². The molecule has 0 bridgehead atoms. The Kier molecular flexibility index (Phi) is 5.02. The minimum atomic E-state index is -0.561. The van der Waals surface area contributed by atoms with Gasteiger partial charge in [0.1, 0.15) is 6.54 Å². The molecule has 0 aliphatic rings. The zero-order chi connectivity index (χ0) is 18.5. The van der Waals surface area contributed by atoms with E-state index in [1.807, 2.05) is 0 Å².